The number of carbonyl (C=O) groups excluding carboxylic acids is 2. The third kappa shape index (κ3) is 3.11. The Bertz CT molecular complexity index is 833. The fraction of sp³-hybridized carbons (Fsp3) is 0.438. The fourth-order valence-corrected chi connectivity index (χ4v) is 4.59. The molecule has 7 nitrogen and oxygen atoms in total. The second-order valence-electron chi connectivity index (χ2n) is 6.28. The molecule has 0 bridgehead atoms. The number of hydrogen-bond donors (Lipinski definition) is 0. The zero-order valence-corrected chi connectivity index (χ0v) is 16.7. The highest BCUT2D eigenvalue weighted by Crippen LogP contribution is 2.32. The van der Waals surface area contributed by atoms with Crippen molar-refractivity contribution in [2.24, 2.45) is 0 Å². The van der Waals surface area contributed by atoms with Crippen LogP contribution < -0.4 is 4.90 Å². The maximum atomic E-state index is 12.9. The standard InChI is InChI=1S/C16H17ClN4O3S.ClH/c1-9-14(10(2)24-18-9)21-15(22)12-8-19(5-6-20(12)16(21)23)7-11-3-4-13(17)25-11;/h3-4,12H,5-8H2,1-2H3;1H. The van der Waals surface area contributed by atoms with Gasteiger partial charge in [0.05, 0.1) is 4.34 Å². The first kappa shape index (κ1) is 19.2. The Morgan fingerprint density at radius 2 is 2.08 bits per heavy atom. The van der Waals surface area contributed by atoms with Gasteiger partial charge >= 0.3 is 6.03 Å². The molecule has 0 N–H and O–H groups in total. The molecule has 0 aliphatic carbocycles. The zero-order chi connectivity index (χ0) is 17.7. The Balaban J connectivity index is 0.00000196. The summed E-state index contributed by atoms with van der Waals surface area (Å²) in [5.74, 6) is 0.262. The van der Waals surface area contributed by atoms with Crippen molar-refractivity contribution in [2.45, 2.75) is 26.4 Å². The second kappa shape index (κ2) is 7.19. The van der Waals surface area contributed by atoms with Crippen molar-refractivity contribution in [1.29, 1.82) is 0 Å². The topological polar surface area (TPSA) is 69.9 Å². The number of carbonyl (C=O) groups is 2. The van der Waals surface area contributed by atoms with Crippen molar-refractivity contribution >= 4 is 53.0 Å². The number of thiophene rings is 1. The first-order valence-corrected chi connectivity index (χ1v) is 9.19. The van der Waals surface area contributed by atoms with Crippen molar-refractivity contribution in [1.82, 2.24) is 15.0 Å². The lowest BCUT2D eigenvalue weighted by molar-refractivity contribution is -0.121. The number of amides is 3. The highest BCUT2D eigenvalue weighted by atomic mass is 35.5. The van der Waals surface area contributed by atoms with Crippen LogP contribution in [0.1, 0.15) is 16.3 Å². The van der Waals surface area contributed by atoms with Crippen LogP contribution in [-0.4, -0.2) is 52.6 Å². The number of anilines is 1. The maximum Gasteiger partial charge on any atom is 0.332 e. The normalized spacial score (nSPS) is 20.5. The molecule has 0 spiro atoms. The molecule has 2 aliphatic rings. The number of aromatic nitrogens is 1. The van der Waals surface area contributed by atoms with Crippen LogP contribution >= 0.6 is 35.3 Å². The number of piperazine rings is 1. The molecule has 2 fully saturated rings. The molecule has 3 amide bonds. The van der Waals surface area contributed by atoms with E-state index in [9.17, 15) is 9.59 Å². The fourth-order valence-electron chi connectivity index (χ4n) is 3.46. The molecular formula is C16H18Cl2N4O3S. The molecule has 2 saturated heterocycles. The van der Waals surface area contributed by atoms with Gasteiger partial charge in [-0.05, 0) is 26.0 Å². The van der Waals surface area contributed by atoms with Crippen molar-refractivity contribution < 1.29 is 14.1 Å². The summed E-state index contributed by atoms with van der Waals surface area (Å²) in [5.41, 5.74) is 1.02. The van der Waals surface area contributed by atoms with E-state index in [-0.39, 0.29) is 24.3 Å². The zero-order valence-electron chi connectivity index (χ0n) is 14.3. The van der Waals surface area contributed by atoms with Gasteiger partial charge in [0, 0.05) is 31.1 Å². The Hall–Kier alpha value is -1.61. The predicted molar refractivity (Wildman–Crippen MR) is 101 cm³/mol. The Kier molecular flexibility index (Phi) is 5.30. The van der Waals surface area contributed by atoms with E-state index in [0.29, 0.717) is 30.2 Å². The number of nitrogens with zero attached hydrogens (tertiary/aromatic N) is 4. The minimum Gasteiger partial charge on any atom is -0.359 e. The van der Waals surface area contributed by atoms with Crippen LogP contribution in [0, 0.1) is 13.8 Å². The SMILES string of the molecule is Cc1noc(C)c1N1C(=O)C2CN(Cc3ccc(Cl)s3)CCN2C1=O.Cl. The number of rotatable bonds is 3. The molecule has 140 valence electrons. The van der Waals surface area contributed by atoms with E-state index in [1.165, 1.54) is 16.2 Å². The lowest BCUT2D eigenvalue weighted by Crippen LogP contribution is -2.52. The van der Waals surface area contributed by atoms with E-state index < -0.39 is 6.04 Å². The first-order chi connectivity index (χ1) is 12.0. The summed E-state index contributed by atoms with van der Waals surface area (Å²) in [6.45, 7) is 5.93. The quantitative estimate of drug-likeness (QED) is 0.718. The first-order valence-electron chi connectivity index (χ1n) is 7.99. The van der Waals surface area contributed by atoms with E-state index in [1.54, 1.807) is 18.7 Å². The molecule has 0 radical (unpaired) electrons. The molecule has 4 heterocycles. The third-order valence-electron chi connectivity index (χ3n) is 4.63. The van der Waals surface area contributed by atoms with Gasteiger partial charge in [-0.2, -0.15) is 0 Å². The van der Waals surface area contributed by atoms with Gasteiger partial charge in [-0.15, -0.1) is 23.7 Å². The average Bonchev–Trinajstić information content (AvgIpc) is 3.20. The molecule has 10 heteroatoms. The molecule has 1 unspecified atom stereocenters. The van der Waals surface area contributed by atoms with Gasteiger partial charge in [0.25, 0.3) is 5.91 Å². The number of halogens is 2. The van der Waals surface area contributed by atoms with Crippen molar-refractivity contribution in [2.75, 3.05) is 24.5 Å². The van der Waals surface area contributed by atoms with Crippen LogP contribution in [0.15, 0.2) is 16.7 Å². The van der Waals surface area contributed by atoms with Crippen LogP contribution in [0.4, 0.5) is 10.5 Å². The molecule has 2 aliphatic heterocycles. The van der Waals surface area contributed by atoms with Crippen LogP contribution in [0.2, 0.25) is 4.34 Å². The largest absolute Gasteiger partial charge is 0.359 e. The highest BCUT2D eigenvalue weighted by Gasteiger charge is 2.49. The van der Waals surface area contributed by atoms with E-state index in [4.69, 9.17) is 16.1 Å². The van der Waals surface area contributed by atoms with Gasteiger partial charge in [0.1, 0.15) is 17.4 Å². The number of fused-ring (bicyclic) bond motifs is 1. The van der Waals surface area contributed by atoms with Crippen LogP contribution in [0.5, 0.6) is 0 Å². The van der Waals surface area contributed by atoms with Crippen LogP contribution in [0.3, 0.4) is 0 Å². The molecule has 4 rings (SSSR count). The second-order valence-corrected chi connectivity index (χ2v) is 8.08. The van der Waals surface area contributed by atoms with Gasteiger partial charge in [-0.3, -0.25) is 9.69 Å². The molecule has 2 aromatic rings. The minimum atomic E-state index is -0.467. The van der Waals surface area contributed by atoms with Gasteiger partial charge in [0.15, 0.2) is 5.76 Å². The van der Waals surface area contributed by atoms with E-state index in [2.05, 4.69) is 10.1 Å². The van der Waals surface area contributed by atoms with E-state index in [0.717, 1.165) is 22.3 Å². The smallest absolute Gasteiger partial charge is 0.332 e. The molecular weight excluding hydrogens is 399 g/mol. The van der Waals surface area contributed by atoms with Gasteiger partial charge in [0.2, 0.25) is 0 Å². The minimum absolute atomic E-state index is 0. The van der Waals surface area contributed by atoms with Crippen molar-refractivity contribution in [3.05, 3.63) is 32.8 Å². The number of hydrogen-bond acceptors (Lipinski definition) is 6. The lowest BCUT2D eigenvalue weighted by atomic mass is 10.1. The van der Waals surface area contributed by atoms with Gasteiger partial charge in [-0.1, -0.05) is 16.8 Å². The van der Waals surface area contributed by atoms with Crippen molar-refractivity contribution in [3.63, 3.8) is 0 Å². The predicted octanol–water partition coefficient (Wildman–Crippen LogP) is 3.08. The molecule has 1 atom stereocenters. The number of imide groups is 1. The van der Waals surface area contributed by atoms with Gasteiger partial charge in [-0.25, -0.2) is 9.69 Å². The summed E-state index contributed by atoms with van der Waals surface area (Å²) < 4.78 is 5.88. The number of aryl methyl sites for hydroxylation is 2. The molecule has 0 saturated carbocycles. The third-order valence-corrected chi connectivity index (χ3v) is 5.85. The molecule has 26 heavy (non-hydrogen) atoms. The summed E-state index contributed by atoms with van der Waals surface area (Å²) in [4.78, 5) is 31.9. The summed E-state index contributed by atoms with van der Waals surface area (Å²) in [6, 6.07) is 3.12. The van der Waals surface area contributed by atoms with Gasteiger partial charge < -0.3 is 9.42 Å². The molecule has 2 aromatic heterocycles. The summed E-state index contributed by atoms with van der Waals surface area (Å²) >= 11 is 7.52. The Labute approximate surface area is 165 Å². The van der Waals surface area contributed by atoms with E-state index >= 15 is 0 Å². The average molecular weight is 417 g/mol. The maximum absolute atomic E-state index is 12.9. The number of urea groups is 1. The van der Waals surface area contributed by atoms with Crippen molar-refractivity contribution in [3.8, 4) is 0 Å². The Morgan fingerprint density at radius 3 is 2.69 bits per heavy atom. The van der Waals surface area contributed by atoms with Crippen LogP contribution in [-0.2, 0) is 11.3 Å². The summed E-state index contributed by atoms with van der Waals surface area (Å²) in [6.07, 6.45) is 0. The monoisotopic (exact) mass is 416 g/mol. The van der Waals surface area contributed by atoms with Crippen LogP contribution in [0.25, 0.3) is 0 Å². The molecule has 0 aromatic carbocycles. The lowest BCUT2D eigenvalue weighted by Gasteiger charge is -2.34. The summed E-state index contributed by atoms with van der Waals surface area (Å²) in [5, 5.41) is 3.86. The highest BCUT2D eigenvalue weighted by molar-refractivity contribution is 7.16. The Morgan fingerprint density at radius 1 is 1.31 bits per heavy atom. The van der Waals surface area contributed by atoms with E-state index in [1.807, 2.05) is 12.1 Å². The summed E-state index contributed by atoms with van der Waals surface area (Å²) in [7, 11) is 0.